The fourth-order valence-electron chi connectivity index (χ4n) is 4.38. The van der Waals surface area contributed by atoms with Gasteiger partial charge in [-0.2, -0.15) is 4.98 Å². The maximum atomic E-state index is 13.0. The molecule has 0 saturated carbocycles. The van der Waals surface area contributed by atoms with E-state index in [4.69, 9.17) is 0 Å². The lowest BCUT2D eigenvalue weighted by Gasteiger charge is -2.36. The molecule has 2 aromatic rings. The van der Waals surface area contributed by atoms with Gasteiger partial charge in [0.25, 0.3) is 11.2 Å². The number of amides is 2. The number of anilines is 3. The number of aromatic nitrogens is 2. The SMILES string of the molecule is CCC1CCCCN1c1nc2c(c(=O)[nH]1)C(C(=O)Nc1ccccc1[N+](=O)[O-])CC(=O)N2. The monoisotopic (exact) mass is 440 g/mol. The van der Waals surface area contributed by atoms with Crippen LogP contribution in [0.1, 0.15) is 50.5 Å². The summed E-state index contributed by atoms with van der Waals surface area (Å²) >= 11 is 0. The number of nitrogens with one attached hydrogen (secondary N) is 3. The van der Waals surface area contributed by atoms with Gasteiger partial charge in [-0.25, -0.2) is 0 Å². The first-order valence-corrected chi connectivity index (χ1v) is 10.6. The second kappa shape index (κ2) is 8.77. The number of carbonyl (C=O) groups excluding carboxylic acids is 2. The van der Waals surface area contributed by atoms with E-state index < -0.39 is 28.2 Å². The van der Waals surface area contributed by atoms with Crippen LogP contribution < -0.4 is 21.1 Å². The molecule has 1 saturated heterocycles. The second-order valence-electron chi connectivity index (χ2n) is 7.97. The zero-order valence-corrected chi connectivity index (χ0v) is 17.6. The molecule has 2 amide bonds. The molecule has 0 aliphatic carbocycles. The van der Waals surface area contributed by atoms with Gasteiger partial charge >= 0.3 is 0 Å². The van der Waals surface area contributed by atoms with E-state index in [-0.39, 0.29) is 35.2 Å². The van der Waals surface area contributed by atoms with Crippen molar-refractivity contribution in [2.75, 3.05) is 22.1 Å². The van der Waals surface area contributed by atoms with E-state index in [9.17, 15) is 24.5 Å². The van der Waals surface area contributed by atoms with Crippen molar-refractivity contribution < 1.29 is 14.5 Å². The third-order valence-electron chi connectivity index (χ3n) is 5.98. The molecule has 1 aromatic carbocycles. The molecule has 2 aliphatic heterocycles. The maximum absolute atomic E-state index is 13.0. The minimum Gasteiger partial charge on any atom is -0.339 e. The number of para-hydroxylation sites is 2. The lowest BCUT2D eigenvalue weighted by atomic mass is 9.92. The molecule has 32 heavy (non-hydrogen) atoms. The second-order valence-corrected chi connectivity index (χ2v) is 7.97. The highest BCUT2D eigenvalue weighted by atomic mass is 16.6. The summed E-state index contributed by atoms with van der Waals surface area (Å²) in [6.45, 7) is 2.82. The van der Waals surface area contributed by atoms with Crippen molar-refractivity contribution in [2.24, 2.45) is 0 Å². The topological polar surface area (TPSA) is 150 Å². The zero-order valence-electron chi connectivity index (χ0n) is 17.6. The van der Waals surface area contributed by atoms with Gasteiger partial charge in [0.15, 0.2) is 0 Å². The predicted octanol–water partition coefficient (Wildman–Crippen LogP) is 2.51. The standard InChI is InChI=1S/C21H24N6O5/c1-2-12-7-5-6-10-26(12)21-24-18-17(20(30)25-21)13(11-16(28)23-18)19(29)22-14-8-3-4-9-15(14)27(31)32/h3-4,8-9,12-13H,2,5-7,10-11H2,1H3,(H,22,29)(H2,23,24,25,28,30). The number of fused-ring (bicyclic) bond motifs is 1. The third kappa shape index (κ3) is 4.05. The lowest BCUT2D eigenvalue weighted by molar-refractivity contribution is -0.383. The van der Waals surface area contributed by atoms with Gasteiger partial charge in [0.1, 0.15) is 11.5 Å². The number of rotatable bonds is 5. The van der Waals surface area contributed by atoms with Crippen LogP contribution in [0.5, 0.6) is 0 Å². The smallest absolute Gasteiger partial charge is 0.292 e. The van der Waals surface area contributed by atoms with Gasteiger partial charge in [-0.15, -0.1) is 0 Å². The molecule has 11 nitrogen and oxygen atoms in total. The van der Waals surface area contributed by atoms with E-state index in [1.165, 1.54) is 18.2 Å². The molecule has 3 N–H and O–H groups in total. The van der Waals surface area contributed by atoms with Crippen molar-refractivity contribution in [1.29, 1.82) is 0 Å². The number of piperidine rings is 1. The number of H-pyrrole nitrogens is 1. The molecular formula is C21H24N6O5. The highest BCUT2D eigenvalue weighted by molar-refractivity contribution is 6.05. The minimum atomic E-state index is -1.12. The van der Waals surface area contributed by atoms with E-state index in [0.717, 1.165) is 32.2 Å². The number of hydrogen-bond donors (Lipinski definition) is 3. The van der Waals surface area contributed by atoms with Gasteiger partial charge in [0.05, 0.1) is 16.4 Å². The number of carbonyl (C=O) groups is 2. The van der Waals surface area contributed by atoms with E-state index in [1.807, 2.05) is 4.90 Å². The molecule has 4 rings (SSSR count). The molecular weight excluding hydrogens is 416 g/mol. The van der Waals surface area contributed by atoms with Crippen LogP contribution in [-0.2, 0) is 9.59 Å². The molecule has 168 valence electrons. The molecule has 1 aromatic heterocycles. The Bertz CT molecular complexity index is 1130. The highest BCUT2D eigenvalue weighted by Gasteiger charge is 2.36. The summed E-state index contributed by atoms with van der Waals surface area (Å²) in [6, 6.07) is 5.93. The Morgan fingerprint density at radius 3 is 2.84 bits per heavy atom. The average molecular weight is 440 g/mol. The molecule has 2 atom stereocenters. The van der Waals surface area contributed by atoms with E-state index in [2.05, 4.69) is 27.5 Å². The van der Waals surface area contributed by atoms with Crippen LogP contribution in [0.4, 0.5) is 23.1 Å². The van der Waals surface area contributed by atoms with Crippen LogP contribution in [0.15, 0.2) is 29.1 Å². The summed E-state index contributed by atoms with van der Waals surface area (Å²) in [6.07, 6.45) is 3.71. The van der Waals surface area contributed by atoms with Crippen LogP contribution in [0.2, 0.25) is 0 Å². The van der Waals surface area contributed by atoms with Crippen molar-refractivity contribution in [3.63, 3.8) is 0 Å². The van der Waals surface area contributed by atoms with Crippen molar-refractivity contribution in [3.05, 3.63) is 50.3 Å². The number of hydrogen-bond acceptors (Lipinski definition) is 7. The van der Waals surface area contributed by atoms with Crippen molar-refractivity contribution in [1.82, 2.24) is 9.97 Å². The van der Waals surface area contributed by atoms with Gasteiger partial charge in [0.2, 0.25) is 17.8 Å². The highest BCUT2D eigenvalue weighted by Crippen LogP contribution is 2.33. The quantitative estimate of drug-likeness (QED) is 0.477. The Morgan fingerprint density at radius 2 is 2.09 bits per heavy atom. The average Bonchev–Trinajstić information content (AvgIpc) is 2.78. The van der Waals surface area contributed by atoms with E-state index >= 15 is 0 Å². The first kappa shape index (κ1) is 21.5. The van der Waals surface area contributed by atoms with Crippen molar-refractivity contribution in [2.45, 2.75) is 51.0 Å². The Kier molecular flexibility index (Phi) is 5.89. The molecule has 0 spiro atoms. The fourth-order valence-corrected chi connectivity index (χ4v) is 4.38. The molecule has 2 aliphatic rings. The lowest BCUT2D eigenvalue weighted by Crippen LogP contribution is -2.43. The van der Waals surface area contributed by atoms with E-state index in [0.29, 0.717) is 5.95 Å². The summed E-state index contributed by atoms with van der Waals surface area (Å²) in [7, 11) is 0. The van der Waals surface area contributed by atoms with Gasteiger partial charge in [-0.3, -0.25) is 29.5 Å². The number of nitrogens with zero attached hydrogens (tertiary/aromatic N) is 3. The van der Waals surface area contributed by atoms with Gasteiger partial charge in [-0.05, 0) is 31.7 Å². The summed E-state index contributed by atoms with van der Waals surface area (Å²) < 4.78 is 0. The van der Waals surface area contributed by atoms with Crippen LogP contribution in [0.3, 0.4) is 0 Å². The molecule has 0 bridgehead atoms. The van der Waals surface area contributed by atoms with Crippen LogP contribution in [-0.4, -0.2) is 39.3 Å². The summed E-state index contributed by atoms with van der Waals surface area (Å²) in [5.74, 6) is -1.81. The fraction of sp³-hybridized carbons (Fsp3) is 0.429. The van der Waals surface area contributed by atoms with Crippen molar-refractivity contribution >= 4 is 35.0 Å². The Hall–Kier alpha value is -3.76. The summed E-state index contributed by atoms with van der Waals surface area (Å²) in [5, 5.41) is 16.3. The Morgan fingerprint density at radius 1 is 1.31 bits per heavy atom. The van der Waals surface area contributed by atoms with E-state index in [1.54, 1.807) is 6.07 Å². The summed E-state index contributed by atoms with van der Waals surface area (Å²) in [4.78, 5) is 58.2. The predicted molar refractivity (Wildman–Crippen MR) is 118 cm³/mol. The zero-order chi connectivity index (χ0) is 22.8. The first-order valence-electron chi connectivity index (χ1n) is 10.6. The van der Waals surface area contributed by atoms with Crippen molar-refractivity contribution in [3.8, 4) is 0 Å². The van der Waals surface area contributed by atoms with Gasteiger partial charge in [0, 0.05) is 25.1 Å². The number of nitro benzene ring substituents is 1. The molecule has 2 unspecified atom stereocenters. The Balaban J connectivity index is 1.68. The molecule has 1 fully saturated rings. The molecule has 3 heterocycles. The first-order chi connectivity index (χ1) is 15.4. The normalized spacial score (nSPS) is 20.3. The minimum absolute atomic E-state index is 0.00450. The third-order valence-corrected chi connectivity index (χ3v) is 5.98. The van der Waals surface area contributed by atoms with Crippen LogP contribution >= 0.6 is 0 Å². The number of aromatic amines is 1. The Labute approximate surface area is 183 Å². The maximum Gasteiger partial charge on any atom is 0.292 e. The van der Waals surface area contributed by atoms with Crippen LogP contribution in [0.25, 0.3) is 0 Å². The largest absolute Gasteiger partial charge is 0.339 e. The summed E-state index contributed by atoms with van der Waals surface area (Å²) in [5.41, 5.74) is -0.739. The van der Waals surface area contributed by atoms with Gasteiger partial charge < -0.3 is 15.5 Å². The number of benzene rings is 1. The van der Waals surface area contributed by atoms with Gasteiger partial charge in [-0.1, -0.05) is 19.1 Å². The number of nitro groups is 1. The molecule has 11 heteroatoms. The molecule has 0 radical (unpaired) electrons. The van der Waals surface area contributed by atoms with Crippen LogP contribution in [0, 0.1) is 10.1 Å².